The summed E-state index contributed by atoms with van der Waals surface area (Å²) < 4.78 is 0.813. The number of carbonyl (C=O) groups is 1. The molecule has 2 N–H and O–H groups in total. The van der Waals surface area contributed by atoms with Crippen molar-refractivity contribution in [3.8, 4) is 5.75 Å². The molecule has 0 aliphatic rings. The Hall–Kier alpha value is -1.50. The van der Waals surface area contributed by atoms with Gasteiger partial charge in [-0.15, -0.1) is 11.8 Å². The van der Waals surface area contributed by atoms with Gasteiger partial charge in [0.1, 0.15) is 5.75 Å². The number of nitrogens with zero attached hydrogens (tertiary/aromatic N) is 1. The first-order chi connectivity index (χ1) is 11.5. The van der Waals surface area contributed by atoms with Crippen molar-refractivity contribution in [2.75, 3.05) is 5.75 Å². The number of hydrogen-bond donors (Lipinski definition) is 2. The first-order valence-electron chi connectivity index (χ1n) is 7.21. The Balaban J connectivity index is 2.02. The number of aromatic hydroxyl groups is 1. The van der Waals surface area contributed by atoms with Crippen LogP contribution in [0.5, 0.6) is 5.75 Å². The maximum atomic E-state index is 12.1. The van der Waals surface area contributed by atoms with Gasteiger partial charge < -0.3 is 5.11 Å². The fourth-order valence-corrected chi connectivity index (χ4v) is 3.36. The third-order valence-corrected chi connectivity index (χ3v) is 4.78. The maximum Gasteiger partial charge on any atom is 0.244 e. The lowest BCUT2D eigenvalue weighted by Crippen LogP contribution is -2.20. The molecule has 126 valence electrons. The molecule has 4 nitrogen and oxygen atoms in total. The molecule has 7 heteroatoms. The highest BCUT2D eigenvalue weighted by Crippen LogP contribution is 2.26. The Morgan fingerprint density at radius 3 is 2.92 bits per heavy atom. The fraction of sp³-hybridized carbons (Fsp3) is 0.176. The second-order valence-corrected chi connectivity index (χ2v) is 7.52. The SMILES string of the molecule is CCSc1ccc(Cl)cc1CC(=O)N/N=C\c1cc(Br)ccc1O. The normalized spacial score (nSPS) is 11.0. The van der Waals surface area contributed by atoms with Crippen LogP contribution < -0.4 is 5.43 Å². The zero-order chi connectivity index (χ0) is 17.5. The first kappa shape index (κ1) is 18.8. The number of nitrogens with one attached hydrogen (secondary N) is 1. The number of amides is 1. The molecular formula is C17H16BrClN2O2S. The van der Waals surface area contributed by atoms with E-state index in [1.54, 1.807) is 36.0 Å². The van der Waals surface area contributed by atoms with E-state index in [1.165, 1.54) is 6.21 Å². The zero-order valence-electron chi connectivity index (χ0n) is 12.9. The molecule has 2 aromatic rings. The highest BCUT2D eigenvalue weighted by atomic mass is 79.9. The summed E-state index contributed by atoms with van der Waals surface area (Å²) in [4.78, 5) is 13.1. The number of phenols is 1. The van der Waals surface area contributed by atoms with E-state index in [9.17, 15) is 9.90 Å². The van der Waals surface area contributed by atoms with Crippen LogP contribution in [0.4, 0.5) is 0 Å². The van der Waals surface area contributed by atoms with Gasteiger partial charge in [-0.05, 0) is 47.7 Å². The maximum absolute atomic E-state index is 12.1. The summed E-state index contributed by atoms with van der Waals surface area (Å²) >= 11 is 11.0. The molecule has 0 spiro atoms. The van der Waals surface area contributed by atoms with Crippen molar-refractivity contribution in [3.05, 3.63) is 57.0 Å². The quantitative estimate of drug-likeness (QED) is 0.402. The third-order valence-electron chi connectivity index (χ3n) is 3.06. The molecule has 0 radical (unpaired) electrons. The Bertz CT molecular complexity index is 768. The van der Waals surface area contributed by atoms with Gasteiger partial charge in [-0.3, -0.25) is 4.79 Å². The lowest BCUT2D eigenvalue weighted by atomic mass is 10.1. The summed E-state index contributed by atoms with van der Waals surface area (Å²) in [6, 6.07) is 10.5. The molecule has 0 fully saturated rings. The van der Waals surface area contributed by atoms with E-state index in [4.69, 9.17) is 11.6 Å². The van der Waals surface area contributed by atoms with Crippen molar-refractivity contribution in [1.29, 1.82) is 0 Å². The van der Waals surface area contributed by atoms with Gasteiger partial charge in [-0.2, -0.15) is 5.10 Å². The molecule has 0 aliphatic carbocycles. The van der Waals surface area contributed by atoms with E-state index in [1.807, 2.05) is 12.1 Å². The summed E-state index contributed by atoms with van der Waals surface area (Å²) in [6.45, 7) is 2.05. The second-order valence-electron chi connectivity index (χ2n) is 4.86. The largest absolute Gasteiger partial charge is 0.507 e. The van der Waals surface area contributed by atoms with Crippen LogP contribution in [0.1, 0.15) is 18.1 Å². The molecule has 0 bridgehead atoms. The lowest BCUT2D eigenvalue weighted by molar-refractivity contribution is -0.120. The van der Waals surface area contributed by atoms with E-state index in [2.05, 4.69) is 33.4 Å². The van der Waals surface area contributed by atoms with Crippen LogP contribution in [0.2, 0.25) is 5.02 Å². The lowest BCUT2D eigenvalue weighted by Gasteiger charge is -2.08. The number of rotatable bonds is 6. The topological polar surface area (TPSA) is 61.7 Å². The molecular weight excluding hydrogens is 412 g/mol. The molecule has 0 aromatic heterocycles. The number of hydrazone groups is 1. The van der Waals surface area contributed by atoms with Gasteiger partial charge in [-0.1, -0.05) is 34.5 Å². The van der Waals surface area contributed by atoms with Gasteiger partial charge in [0.25, 0.3) is 0 Å². The molecule has 2 aromatic carbocycles. The highest BCUT2D eigenvalue weighted by molar-refractivity contribution is 9.10. The van der Waals surface area contributed by atoms with Crippen molar-refractivity contribution in [1.82, 2.24) is 5.43 Å². The summed E-state index contributed by atoms with van der Waals surface area (Å²) in [5.74, 6) is 0.755. The average molecular weight is 428 g/mol. The number of thioether (sulfide) groups is 1. The van der Waals surface area contributed by atoms with E-state index in [0.717, 1.165) is 20.7 Å². The van der Waals surface area contributed by atoms with E-state index < -0.39 is 0 Å². The molecule has 0 saturated carbocycles. The Morgan fingerprint density at radius 1 is 1.38 bits per heavy atom. The zero-order valence-corrected chi connectivity index (χ0v) is 16.1. The standard InChI is InChI=1S/C17H16BrClN2O2S/c1-2-24-16-6-4-14(19)8-11(16)9-17(23)21-20-10-12-7-13(18)3-5-15(12)22/h3-8,10,22H,2,9H2,1H3,(H,21,23)/b20-10-. The smallest absolute Gasteiger partial charge is 0.244 e. The van der Waals surface area contributed by atoms with Crippen LogP contribution in [-0.4, -0.2) is 23.0 Å². The minimum Gasteiger partial charge on any atom is -0.507 e. The van der Waals surface area contributed by atoms with Gasteiger partial charge in [0.2, 0.25) is 5.91 Å². The van der Waals surface area contributed by atoms with Gasteiger partial charge in [-0.25, -0.2) is 5.43 Å². The number of phenolic OH excluding ortho intramolecular Hbond substituents is 1. The van der Waals surface area contributed by atoms with E-state index in [-0.39, 0.29) is 18.1 Å². The number of halogens is 2. The Labute approximate surface area is 158 Å². The molecule has 0 atom stereocenters. The van der Waals surface area contributed by atoms with Crippen LogP contribution in [0, 0.1) is 0 Å². The summed E-state index contributed by atoms with van der Waals surface area (Å²) in [5.41, 5.74) is 3.84. The minimum atomic E-state index is -0.249. The van der Waals surface area contributed by atoms with Crippen LogP contribution in [-0.2, 0) is 11.2 Å². The average Bonchev–Trinajstić information content (AvgIpc) is 2.53. The molecule has 2 rings (SSSR count). The molecule has 0 saturated heterocycles. The molecule has 0 aliphatic heterocycles. The fourth-order valence-electron chi connectivity index (χ4n) is 2.00. The van der Waals surface area contributed by atoms with Gasteiger partial charge in [0.15, 0.2) is 0 Å². The van der Waals surface area contributed by atoms with E-state index in [0.29, 0.717) is 10.6 Å². The van der Waals surface area contributed by atoms with Gasteiger partial charge in [0, 0.05) is 20.0 Å². The van der Waals surface area contributed by atoms with Crippen LogP contribution in [0.15, 0.2) is 50.9 Å². The van der Waals surface area contributed by atoms with Gasteiger partial charge in [0.05, 0.1) is 12.6 Å². The van der Waals surface area contributed by atoms with Crippen LogP contribution in [0.25, 0.3) is 0 Å². The molecule has 0 heterocycles. The Morgan fingerprint density at radius 2 is 2.17 bits per heavy atom. The molecule has 1 amide bonds. The van der Waals surface area contributed by atoms with Crippen LogP contribution >= 0.6 is 39.3 Å². The van der Waals surface area contributed by atoms with Crippen molar-refractivity contribution >= 4 is 51.4 Å². The van der Waals surface area contributed by atoms with Crippen molar-refractivity contribution in [3.63, 3.8) is 0 Å². The number of benzene rings is 2. The summed E-state index contributed by atoms with van der Waals surface area (Å²) in [5, 5.41) is 14.2. The highest BCUT2D eigenvalue weighted by Gasteiger charge is 2.09. The molecule has 0 unspecified atom stereocenters. The third kappa shape index (κ3) is 5.54. The van der Waals surface area contributed by atoms with Crippen molar-refractivity contribution < 1.29 is 9.90 Å². The predicted molar refractivity (Wildman–Crippen MR) is 103 cm³/mol. The van der Waals surface area contributed by atoms with Gasteiger partial charge >= 0.3 is 0 Å². The van der Waals surface area contributed by atoms with Crippen molar-refractivity contribution in [2.45, 2.75) is 18.2 Å². The predicted octanol–water partition coefficient (Wildman–Crippen LogP) is 4.61. The van der Waals surface area contributed by atoms with E-state index >= 15 is 0 Å². The first-order valence-corrected chi connectivity index (χ1v) is 9.37. The molecule has 24 heavy (non-hydrogen) atoms. The van der Waals surface area contributed by atoms with Crippen LogP contribution in [0.3, 0.4) is 0 Å². The summed E-state index contributed by atoms with van der Waals surface area (Å²) in [6.07, 6.45) is 1.59. The number of hydrogen-bond acceptors (Lipinski definition) is 4. The minimum absolute atomic E-state index is 0.0904. The number of carbonyl (C=O) groups excluding carboxylic acids is 1. The second kappa shape index (κ2) is 9.11. The summed E-state index contributed by atoms with van der Waals surface area (Å²) in [7, 11) is 0. The monoisotopic (exact) mass is 426 g/mol. The van der Waals surface area contributed by atoms with Crippen molar-refractivity contribution in [2.24, 2.45) is 5.10 Å². The Kier molecular flexibility index (Phi) is 7.15.